The van der Waals surface area contributed by atoms with E-state index in [0.29, 0.717) is 29.9 Å². The SMILES string of the molecule is CC[C@H](C)[C@H](NC(=O)[C@H](C)NC(=O)[C@@H](NC(=O)[C@H](Cc1cnc[nH]1)NC(=O)[C@H](CCCN=C(N)N)NC(=O)[C@@H](NC(=O)[C@H](CCCCN)NC(=O)[C@H](CCCN=C(N)N)NC(=O)[C@H](CC(C)C)NC(=O)[C@@H](N)C(C)C)[C@@H](C)O)C(C)C)C(=O)N[C@@H](CC(C)C)C(=O)N[C@@H](CC(C)C)C(=O)N[C@@H](Cc1ccccc1)C(=O)N[C@@H](CCSC)C(=O)NCC(=O)O. The summed E-state index contributed by atoms with van der Waals surface area (Å²) in [5.41, 5.74) is 35.3. The van der Waals surface area contributed by atoms with Gasteiger partial charge in [0.2, 0.25) is 82.7 Å². The lowest BCUT2D eigenvalue weighted by atomic mass is 9.96. The van der Waals surface area contributed by atoms with E-state index in [4.69, 9.17) is 34.4 Å². The average molecular weight is 1750 g/mol. The molecule has 1 aromatic carbocycles. The van der Waals surface area contributed by atoms with Crippen molar-refractivity contribution in [3.8, 4) is 0 Å². The summed E-state index contributed by atoms with van der Waals surface area (Å²) in [5.74, 6) is -15.3. The Balaban J connectivity index is 2.53. The molecule has 41 nitrogen and oxygen atoms in total. The number of rotatable bonds is 59. The number of nitrogens with zero attached hydrogens (tertiary/aromatic N) is 3. The minimum Gasteiger partial charge on any atom is -0.480 e. The van der Waals surface area contributed by atoms with Crippen molar-refractivity contribution in [1.29, 1.82) is 0 Å². The van der Waals surface area contributed by atoms with Crippen molar-refractivity contribution in [2.75, 3.05) is 38.2 Å². The molecule has 1 heterocycles. The van der Waals surface area contributed by atoms with Crippen LogP contribution in [0.3, 0.4) is 0 Å². The Kier molecular flexibility index (Phi) is 50.1. The monoisotopic (exact) mass is 1750 g/mol. The highest BCUT2D eigenvalue weighted by atomic mass is 32.2. The number of hydrogen-bond donors (Lipinski definition) is 23. The van der Waals surface area contributed by atoms with Gasteiger partial charge in [-0.25, -0.2) is 4.98 Å². The lowest BCUT2D eigenvalue weighted by Crippen LogP contribution is -2.62. The van der Waals surface area contributed by atoms with Gasteiger partial charge in [-0.2, -0.15) is 11.8 Å². The number of aliphatic carboxylic acids is 1. The number of aliphatic hydroxyl groups is 1. The molecular formula is C81H140N24O17S. The lowest BCUT2D eigenvalue weighted by Gasteiger charge is -2.30. The van der Waals surface area contributed by atoms with Crippen molar-refractivity contribution >= 4 is 112 Å². The van der Waals surface area contributed by atoms with E-state index in [-0.39, 0.29) is 132 Å². The molecular weight excluding hydrogens is 1610 g/mol. The minimum atomic E-state index is -1.84. The van der Waals surface area contributed by atoms with E-state index in [2.05, 4.69) is 94.4 Å². The van der Waals surface area contributed by atoms with Crippen LogP contribution in [0.15, 0.2) is 52.8 Å². The van der Waals surface area contributed by atoms with Gasteiger partial charge in [0, 0.05) is 37.8 Å². The van der Waals surface area contributed by atoms with Gasteiger partial charge in [0.15, 0.2) is 11.9 Å². The first kappa shape index (κ1) is 108. The van der Waals surface area contributed by atoms with Crippen LogP contribution in [-0.4, -0.2) is 250 Å². The number of amides is 14. The maximum absolute atomic E-state index is 14.8. The van der Waals surface area contributed by atoms with Crippen LogP contribution in [0.4, 0.5) is 0 Å². The van der Waals surface area contributed by atoms with Gasteiger partial charge in [0.25, 0.3) is 0 Å². The van der Waals surface area contributed by atoms with Crippen LogP contribution in [0, 0.1) is 35.5 Å². The summed E-state index contributed by atoms with van der Waals surface area (Å²) in [5, 5.41) is 57.6. The molecule has 1 aromatic heterocycles. The van der Waals surface area contributed by atoms with E-state index in [1.165, 1.54) is 38.1 Å². The normalized spacial score (nSPS) is 15.2. The van der Waals surface area contributed by atoms with Crippen LogP contribution in [0.1, 0.15) is 185 Å². The van der Waals surface area contributed by atoms with Crippen LogP contribution in [-0.2, 0) is 84.8 Å². The number of unbranched alkanes of at least 4 members (excludes halogenated alkanes) is 1. The Morgan fingerprint density at radius 2 is 0.837 bits per heavy atom. The van der Waals surface area contributed by atoms with Crippen molar-refractivity contribution in [1.82, 2.24) is 84.4 Å². The molecule has 14 amide bonds. The van der Waals surface area contributed by atoms with Gasteiger partial charge in [-0.1, -0.05) is 120 Å². The third-order valence-corrected chi connectivity index (χ3v) is 20.5. The first-order chi connectivity index (χ1) is 57.8. The second-order valence-corrected chi connectivity index (χ2v) is 33.8. The number of aliphatic hydroxyl groups excluding tert-OH is 1. The smallest absolute Gasteiger partial charge is 0.322 e. The van der Waals surface area contributed by atoms with Gasteiger partial charge in [-0.05, 0) is 144 Å². The molecule has 0 aliphatic heterocycles. The average Bonchev–Trinajstić information content (AvgIpc) is 1.36. The number of H-pyrrole nitrogens is 1. The summed E-state index contributed by atoms with van der Waals surface area (Å²) in [4.78, 5) is 226. The number of carbonyl (C=O) groups is 15. The number of aromatic amines is 1. The second-order valence-electron chi connectivity index (χ2n) is 32.8. The number of carboxylic acids is 1. The first-order valence-electron chi connectivity index (χ1n) is 42.0. The molecule has 0 radical (unpaired) electrons. The largest absolute Gasteiger partial charge is 0.480 e. The van der Waals surface area contributed by atoms with E-state index >= 15 is 0 Å². The van der Waals surface area contributed by atoms with Crippen molar-refractivity contribution in [2.24, 2.45) is 79.9 Å². The Bertz CT molecular complexity index is 3770. The Morgan fingerprint density at radius 1 is 0.447 bits per heavy atom. The molecule has 0 saturated heterocycles. The van der Waals surface area contributed by atoms with E-state index < -0.39 is 198 Å². The number of thioether (sulfide) groups is 1. The number of nitrogens with one attached hydrogen (secondary N) is 15. The third-order valence-electron chi connectivity index (χ3n) is 19.8. The summed E-state index contributed by atoms with van der Waals surface area (Å²) in [6, 6.07) is -10.4. The molecule has 0 aliphatic rings. The van der Waals surface area contributed by atoms with Crippen molar-refractivity contribution in [3.05, 3.63) is 54.1 Å². The summed E-state index contributed by atoms with van der Waals surface area (Å²) in [6.45, 7) is 23.0. The predicted molar refractivity (Wildman–Crippen MR) is 467 cm³/mol. The van der Waals surface area contributed by atoms with Gasteiger partial charge in [0.1, 0.15) is 85.1 Å². The standard InChI is InChI=1S/C81H140N24O17S/c1-16-47(12)64(78(121)102-58(36-44(6)7)73(116)98-56(34-42(2)3)72(115)99-59(37-50-24-18-17-19-25-50)74(117)96-55(29-33-123-15)67(110)91-40-61(107)108)104-66(109)48(13)93-77(120)63(46(10)11)103-75(118)60(38-51-39-88-41-92-51)100-69(112)54(28-23-32-90-81(86)87)97-79(122)65(49(14)106)105-70(113)52(26-20-21-30-82)94-68(111)53(27-22-31-89-80(84)85)95-71(114)57(35-43(4)5)101-76(119)62(83)45(8)9/h17-19,24-25,39,41-49,52-60,62-65,106H,16,20-23,26-38,40,82-83H2,1-15H3,(H,88,92)(H,91,110)(H,93,120)(H,94,111)(H,95,114)(H,96,117)(H,97,122)(H,98,116)(H,99,115)(H,100,112)(H,101,119)(H,102,121)(H,103,118)(H,104,109)(H,105,113)(H,107,108)(H4,84,85,89)(H4,86,87,90)/t47-,48-,49+,52-,53-,54-,55-,56-,57-,58-,59-,60-,62-,63-,64-,65-/m0/s1. The molecule has 2 aromatic rings. The molecule has 0 fully saturated rings. The van der Waals surface area contributed by atoms with Crippen molar-refractivity contribution < 1.29 is 82.1 Å². The van der Waals surface area contributed by atoms with E-state index in [0.717, 1.165) is 0 Å². The zero-order valence-corrected chi connectivity index (χ0v) is 74.6. The molecule has 0 saturated carbocycles. The number of benzene rings is 1. The summed E-state index contributed by atoms with van der Waals surface area (Å²) < 4.78 is 0. The van der Waals surface area contributed by atoms with E-state index in [9.17, 15) is 82.1 Å². The summed E-state index contributed by atoms with van der Waals surface area (Å²) in [6.07, 6.45) is 3.56. The predicted octanol–water partition coefficient (Wildman–Crippen LogP) is -3.09. The summed E-state index contributed by atoms with van der Waals surface area (Å²) in [7, 11) is 0. The van der Waals surface area contributed by atoms with Crippen LogP contribution in [0.2, 0.25) is 0 Å². The number of hydrogen-bond acceptors (Lipinski definition) is 22. The van der Waals surface area contributed by atoms with Crippen molar-refractivity contribution in [3.63, 3.8) is 0 Å². The number of imidazole rings is 1. The maximum Gasteiger partial charge on any atom is 0.322 e. The first-order valence-corrected chi connectivity index (χ1v) is 43.4. The molecule has 0 bridgehead atoms. The summed E-state index contributed by atoms with van der Waals surface area (Å²) >= 11 is 1.39. The van der Waals surface area contributed by atoms with E-state index in [1.807, 2.05) is 27.7 Å². The highest BCUT2D eigenvalue weighted by molar-refractivity contribution is 7.98. The van der Waals surface area contributed by atoms with Gasteiger partial charge >= 0.3 is 5.97 Å². The molecule has 692 valence electrons. The Hall–Kier alpha value is -10.8. The topological polar surface area (TPSA) is 674 Å². The number of aliphatic imine (C=N–C) groups is 2. The number of carbonyl (C=O) groups excluding carboxylic acids is 14. The second kappa shape index (κ2) is 56.8. The fourth-order valence-corrected chi connectivity index (χ4v) is 13.1. The Labute approximate surface area is 725 Å². The van der Waals surface area contributed by atoms with Gasteiger partial charge in [-0.3, -0.25) is 81.9 Å². The molecule has 0 spiro atoms. The molecule has 0 aliphatic carbocycles. The zero-order valence-electron chi connectivity index (χ0n) is 73.8. The third kappa shape index (κ3) is 41.8. The number of aromatic nitrogens is 2. The Morgan fingerprint density at radius 3 is 1.27 bits per heavy atom. The molecule has 16 atom stereocenters. The number of nitrogens with two attached hydrogens (primary N) is 6. The van der Waals surface area contributed by atoms with Crippen LogP contribution in [0.25, 0.3) is 0 Å². The van der Waals surface area contributed by atoms with Crippen LogP contribution in [0.5, 0.6) is 0 Å². The maximum atomic E-state index is 14.8. The van der Waals surface area contributed by atoms with Gasteiger partial charge < -0.3 is 124 Å². The fourth-order valence-electron chi connectivity index (χ4n) is 12.6. The highest BCUT2D eigenvalue weighted by Crippen LogP contribution is 2.18. The number of carboxylic acid groups (broad SMARTS) is 1. The molecule has 29 N–H and O–H groups in total. The molecule has 123 heavy (non-hydrogen) atoms. The molecule has 42 heteroatoms. The highest BCUT2D eigenvalue weighted by Gasteiger charge is 2.40. The zero-order chi connectivity index (χ0) is 92.9. The van der Waals surface area contributed by atoms with Crippen molar-refractivity contribution in [2.45, 2.75) is 278 Å². The minimum absolute atomic E-state index is 0.0185. The number of guanidine groups is 2. The van der Waals surface area contributed by atoms with Gasteiger partial charge in [0.05, 0.1) is 18.5 Å². The van der Waals surface area contributed by atoms with E-state index in [1.54, 1.807) is 92.0 Å². The quantitative estimate of drug-likeness (QED) is 0.0177. The molecule has 2 rings (SSSR count). The lowest BCUT2D eigenvalue weighted by molar-refractivity contribution is -0.138. The van der Waals surface area contributed by atoms with Gasteiger partial charge in [-0.15, -0.1) is 0 Å². The van der Waals surface area contributed by atoms with Crippen LogP contribution >= 0.6 is 11.8 Å². The fraction of sp³-hybridized carbons (Fsp3) is 0.679. The molecule has 0 unspecified atom stereocenters. The van der Waals surface area contributed by atoms with Crippen LogP contribution < -0.4 is 109 Å².